The molecule has 0 radical (unpaired) electrons. The van der Waals surface area contributed by atoms with Gasteiger partial charge in [-0.1, -0.05) is 11.6 Å². The highest BCUT2D eigenvalue weighted by atomic mass is 35.5. The summed E-state index contributed by atoms with van der Waals surface area (Å²) in [6.07, 6.45) is 2.71. The quantitative estimate of drug-likeness (QED) is 0.838. The smallest absolute Gasteiger partial charge is 0.335 e. The van der Waals surface area contributed by atoms with Crippen LogP contribution in [0.2, 0.25) is 5.15 Å². The van der Waals surface area contributed by atoms with Gasteiger partial charge in [0, 0.05) is 18.0 Å². The van der Waals surface area contributed by atoms with Crippen LogP contribution in [0.15, 0.2) is 36.7 Å². The lowest BCUT2D eigenvalue weighted by atomic mass is 10.2. The van der Waals surface area contributed by atoms with E-state index < -0.39 is 11.9 Å². The highest BCUT2D eigenvalue weighted by Gasteiger charge is 2.09. The lowest BCUT2D eigenvalue weighted by Crippen LogP contribution is -2.13. The molecule has 2 N–H and O–H groups in total. The van der Waals surface area contributed by atoms with Gasteiger partial charge < -0.3 is 10.4 Å². The zero-order valence-corrected chi connectivity index (χ0v) is 10.3. The summed E-state index contributed by atoms with van der Waals surface area (Å²) >= 11 is 5.67. The monoisotopic (exact) mass is 277 g/mol. The lowest BCUT2D eigenvalue weighted by Gasteiger charge is -2.05. The van der Waals surface area contributed by atoms with Crippen LogP contribution in [-0.4, -0.2) is 27.0 Å². The number of carbonyl (C=O) groups is 2. The molecule has 2 aromatic rings. The van der Waals surface area contributed by atoms with E-state index in [-0.39, 0.29) is 16.5 Å². The summed E-state index contributed by atoms with van der Waals surface area (Å²) in [6.45, 7) is 0. The number of aromatic carboxylic acids is 1. The Labute approximate surface area is 113 Å². The normalized spacial score (nSPS) is 9.95. The van der Waals surface area contributed by atoms with Crippen LogP contribution < -0.4 is 5.32 Å². The Balaban J connectivity index is 2.19. The maximum absolute atomic E-state index is 11.9. The summed E-state index contributed by atoms with van der Waals surface area (Å²) in [7, 11) is 0. The largest absolute Gasteiger partial charge is 0.478 e. The number of aromatic nitrogens is 2. The van der Waals surface area contributed by atoms with Gasteiger partial charge in [-0.3, -0.25) is 4.79 Å². The maximum Gasteiger partial charge on any atom is 0.335 e. The zero-order chi connectivity index (χ0) is 13.8. The second-order valence-electron chi connectivity index (χ2n) is 3.56. The average molecular weight is 278 g/mol. The van der Waals surface area contributed by atoms with Gasteiger partial charge in [0.15, 0.2) is 0 Å². The van der Waals surface area contributed by atoms with E-state index in [9.17, 15) is 9.59 Å². The number of pyridine rings is 2. The molecule has 0 aliphatic carbocycles. The molecule has 96 valence electrons. The van der Waals surface area contributed by atoms with Gasteiger partial charge in [0.25, 0.3) is 5.91 Å². The third-order valence-electron chi connectivity index (χ3n) is 2.24. The van der Waals surface area contributed by atoms with Crippen LogP contribution in [0.4, 0.5) is 5.82 Å². The molecule has 0 unspecified atom stereocenters. The van der Waals surface area contributed by atoms with Crippen LogP contribution in [0.3, 0.4) is 0 Å². The van der Waals surface area contributed by atoms with E-state index in [1.54, 1.807) is 0 Å². The molecule has 7 heteroatoms. The molecule has 2 aromatic heterocycles. The molecular weight excluding hydrogens is 270 g/mol. The summed E-state index contributed by atoms with van der Waals surface area (Å²) in [4.78, 5) is 30.3. The molecular formula is C12H8ClN3O3. The number of rotatable bonds is 3. The van der Waals surface area contributed by atoms with Crippen molar-refractivity contribution in [1.29, 1.82) is 0 Å². The predicted octanol–water partition coefficient (Wildman–Crippen LogP) is 2.08. The molecule has 19 heavy (non-hydrogen) atoms. The molecule has 2 rings (SSSR count). The number of anilines is 1. The van der Waals surface area contributed by atoms with Crippen LogP contribution in [-0.2, 0) is 0 Å². The standard InChI is InChI=1S/C12H8ClN3O3/c13-9-5-7(1-3-14-9)11(17)16-10-6-8(12(18)19)2-4-15-10/h1-6H,(H,18,19)(H,15,16,17). The first-order valence-electron chi connectivity index (χ1n) is 5.18. The molecule has 2 heterocycles. The number of nitrogens with zero attached hydrogens (tertiary/aromatic N) is 2. The van der Waals surface area contributed by atoms with E-state index in [0.717, 1.165) is 0 Å². The Morgan fingerprint density at radius 2 is 1.79 bits per heavy atom. The molecule has 0 saturated carbocycles. The number of nitrogens with one attached hydrogen (secondary N) is 1. The van der Waals surface area contributed by atoms with Crippen molar-refractivity contribution in [2.45, 2.75) is 0 Å². The summed E-state index contributed by atoms with van der Waals surface area (Å²) in [5, 5.41) is 11.5. The number of hydrogen-bond acceptors (Lipinski definition) is 4. The molecule has 0 saturated heterocycles. The molecule has 0 aliphatic heterocycles. The molecule has 0 atom stereocenters. The molecule has 0 aliphatic rings. The maximum atomic E-state index is 11.9. The average Bonchev–Trinajstić information content (AvgIpc) is 2.39. The van der Waals surface area contributed by atoms with Crippen molar-refractivity contribution in [3.63, 3.8) is 0 Å². The first-order valence-corrected chi connectivity index (χ1v) is 5.56. The predicted molar refractivity (Wildman–Crippen MR) is 68.4 cm³/mol. The third kappa shape index (κ3) is 3.26. The Hall–Kier alpha value is -2.47. The fourth-order valence-corrected chi connectivity index (χ4v) is 1.54. The summed E-state index contributed by atoms with van der Waals surface area (Å²) in [5.41, 5.74) is 0.348. The fraction of sp³-hybridized carbons (Fsp3) is 0. The molecule has 0 fully saturated rings. The van der Waals surface area contributed by atoms with E-state index >= 15 is 0 Å². The van der Waals surface area contributed by atoms with Crippen LogP contribution in [0, 0.1) is 0 Å². The number of halogens is 1. The Morgan fingerprint density at radius 1 is 1.11 bits per heavy atom. The Kier molecular flexibility index (Phi) is 3.72. The second kappa shape index (κ2) is 5.45. The molecule has 0 spiro atoms. The van der Waals surface area contributed by atoms with Crippen molar-refractivity contribution in [2.75, 3.05) is 5.32 Å². The van der Waals surface area contributed by atoms with Gasteiger partial charge in [-0.15, -0.1) is 0 Å². The van der Waals surface area contributed by atoms with Gasteiger partial charge in [-0.05, 0) is 24.3 Å². The van der Waals surface area contributed by atoms with Gasteiger partial charge in [-0.2, -0.15) is 0 Å². The minimum absolute atomic E-state index is 0.0399. The van der Waals surface area contributed by atoms with Crippen LogP contribution in [0.1, 0.15) is 20.7 Å². The van der Waals surface area contributed by atoms with Crippen molar-refractivity contribution in [3.05, 3.63) is 52.9 Å². The zero-order valence-electron chi connectivity index (χ0n) is 9.50. The van der Waals surface area contributed by atoms with Crippen molar-refractivity contribution < 1.29 is 14.7 Å². The Morgan fingerprint density at radius 3 is 2.47 bits per heavy atom. The first kappa shape index (κ1) is 13.0. The molecule has 6 nitrogen and oxygen atoms in total. The second-order valence-corrected chi connectivity index (χ2v) is 3.94. The van der Waals surface area contributed by atoms with Gasteiger partial charge in [0.2, 0.25) is 0 Å². The fourth-order valence-electron chi connectivity index (χ4n) is 1.36. The SMILES string of the molecule is O=C(O)c1ccnc(NC(=O)c2ccnc(Cl)c2)c1. The number of amides is 1. The van der Waals surface area contributed by atoms with E-state index in [0.29, 0.717) is 5.56 Å². The van der Waals surface area contributed by atoms with E-state index in [4.69, 9.17) is 16.7 Å². The van der Waals surface area contributed by atoms with Crippen molar-refractivity contribution in [2.24, 2.45) is 0 Å². The van der Waals surface area contributed by atoms with Gasteiger partial charge in [-0.25, -0.2) is 14.8 Å². The van der Waals surface area contributed by atoms with E-state index in [1.165, 1.54) is 36.7 Å². The van der Waals surface area contributed by atoms with Crippen LogP contribution >= 0.6 is 11.6 Å². The molecule has 1 amide bonds. The van der Waals surface area contributed by atoms with Crippen LogP contribution in [0.25, 0.3) is 0 Å². The number of hydrogen-bond donors (Lipinski definition) is 2. The lowest BCUT2D eigenvalue weighted by molar-refractivity contribution is 0.0696. The number of carbonyl (C=O) groups excluding carboxylic acids is 1. The number of carboxylic acids is 1. The van der Waals surface area contributed by atoms with Gasteiger partial charge in [0.05, 0.1) is 5.56 Å². The van der Waals surface area contributed by atoms with Crippen molar-refractivity contribution in [1.82, 2.24) is 9.97 Å². The van der Waals surface area contributed by atoms with Gasteiger partial charge in [0.1, 0.15) is 11.0 Å². The highest BCUT2D eigenvalue weighted by molar-refractivity contribution is 6.29. The number of carboxylic acid groups (broad SMARTS) is 1. The van der Waals surface area contributed by atoms with E-state index in [2.05, 4.69) is 15.3 Å². The topological polar surface area (TPSA) is 92.2 Å². The van der Waals surface area contributed by atoms with Crippen molar-refractivity contribution >= 4 is 29.3 Å². The molecule has 0 bridgehead atoms. The summed E-state index contributed by atoms with van der Waals surface area (Å²) < 4.78 is 0. The summed E-state index contributed by atoms with van der Waals surface area (Å²) in [6, 6.07) is 5.49. The highest BCUT2D eigenvalue weighted by Crippen LogP contribution is 2.11. The van der Waals surface area contributed by atoms with E-state index in [1.807, 2.05) is 0 Å². The van der Waals surface area contributed by atoms with Crippen LogP contribution in [0.5, 0.6) is 0 Å². The van der Waals surface area contributed by atoms with Crippen molar-refractivity contribution in [3.8, 4) is 0 Å². The van der Waals surface area contributed by atoms with Gasteiger partial charge >= 0.3 is 5.97 Å². The summed E-state index contributed by atoms with van der Waals surface area (Å²) in [5.74, 6) is -1.39. The third-order valence-corrected chi connectivity index (χ3v) is 2.44. The first-order chi connectivity index (χ1) is 9.06. The minimum Gasteiger partial charge on any atom is -0.478 e. The Bertz CT molecular complexity index is 646. The molecule has 0 aromatic carbocycles. The minimum atomic E-state index is -1.09.